The summed E-state index contributed by atoms with van der Waals surface area (Å²) in [7, 11) is 1.80. The van der Waals surface area contributed by atoms with Gasteiger partial charge in [-0.3, -0.25) is 9.59 Å². The number of nitrogens with zero attached hydrogens (tertiary/aromatic N) is 3. The molecule has 0 spiro atoms. The normalized spacial score (nSPS) is 26.2. The zero-order valence-corrected chi connectivity index (χ0v) is 15.7. The Bertz CT molecular complexity index is 720. The van der Waals surface area contributed by atoms with Crippen LogP contribution in [0, 0.1) is 5.92 Å². The molecule has 3 saturated heterocycles. The largest absolute Gasteiger partial charge is 0.378 e. The summed E-state index contributed by atoms with van der Waals surface area (Å²) >= 11 is 6.47. The van der Waals surface area contributed by atoms with E-state index in [0.29, 0.717) is 36.9 Å². The van der Waals surface area contributed by atoms with E-state index in [0.717, 1.165) is 18.8 Å². The van der Waals surface area contributed by atoms with Crippen molar-refractivity contribution >= 4 is 29.1 Å². The summed E-state index contributed by atoms with van der Waals surface area (Å²) in [5.41, 5.74) is 1.57. The van der Waals surface area contributed by atoms with E-state index in [2.05, 4.69) is 4.90 Å². The third kappa shape index (κ3) is 3.16. The van der Waals surface area contributed by atoms with Gasteiger partial charge in [-0.2, -0.15) is 0 Å². The van der Waals surface area contributed by atoms with Crippen molar-refractivity contribution in [3.8, 4) is 0 Å². The van der Waals surface area contributed by atoms with E-state index in [-0.39, 0.29) is 23.8 Å². The van der Waals surface area contributed by atoms with Gasteiger partial charge in [0, 0.05) is 38.8 Å². The molecule has 6 nitrogen and oxygen atoms in total. The Balaban J connectivity index is 1.55. The highest BCUT2D eigenvalue weighted by atomic mass is 35.5. The summed E-state index contributed by atoms with van der Waals surface area (Å²) in [5, 5.41) is 0.615. The van der Waals surface area contributed by atoms with Crippen LogP contribution in [0.15, 0.2) is 18.2 Å². The zero-order valence-electron chi connectivity index (χ0n) is 15.0. The first-order valence-electron chi connectivity index (χ1n) is 9.23. The predicted molar refractivity (Wildman–Crippen MR) is 99.7 cm³/mol. The first-order valence-corrected chi connectivity index (χ1v) is 9.60. The number of ether oxygens (including phenoxy) is 1. The zero-order chi connectivity index (χ0) is 18.3. The Hall–Kier alpha value is -1.79. The molecule has 3 aliphatic heterocycles. The number of carbonyl (C=O) groups is 2. The monoisotopic (exact) mass is 377 g/mol. The van der Waals surface area contributed by atoms with Crippen LogP contribution in [0.3, 0.4) is 0 Å². The van der Waals surface area contributed by atoms with Crippen LogP contribution in [0.2, 0.25) is 5.02 Å². The van der Waals surface area contributed by atoms with Crippen molar-refractivity contribution in [1.82, 2.24) is 9.80 Å². The third-order valence-corrected chi connectivity index (χ3v) is 5.98. The van der Waals surface area contributed by atoms with Crippen LogP contribution in [0.25, 0.3) is 0 Å². The standard InChI is InChI=1S/C19H24ClN3O3/c1-21-15-10-23(9-14(18(21)24)11-26-12-15)19(25)13-4-5-17(16(20)8-13)22-6-2-3-7-22/h4-5,8,14-15H,2-3,6-7,9-12H2,1H3/t14-,15+/m1/s1. The van der Waals surface area contributed by atoms with Crippen molar-refractivity contribution in [1.29, 1.82) is 0 Å². The molecule has 0 saturated carbocycles. The summed E-state index contributed by atoms with van der Waals surface area (Å²) in [5.74, 6) is -0.305. The third-order valence-electron chi connectivity index (χ3n) is 5.67. The summed E-state index contributed by atoms with van der Waals surface area (Å²) in [6.45, 7) is 3.75. The Labute approximate surface area is 158 Å². The molecule has 0 unspecified atom stereocenters. The minimum absolute atomic E-state index is 0.0604. The van der Waals surface area contributed by atoms with Crippen LogP contribution in [-0.2, 0) is 9.53 Å². The Morgan fingerprint density at radius 3 is 2.69 bits per heavy atom. The molecule has 2 bridgehead atoms. The van der Waals surface area contributed by atoms with E-state index in [1.807, 2.05) is 12.1 Å². The molecule has 7 heteroatoms. The number of likely N-dealkylation sites (N-methyl/N-ethyl adjacent to an activating group) is 1. The van der Waals surface area contributed by atoms with Crippen molar-refractivity contribution in [2.75, 3.05) is 51.3 Å². The second kappa shape index (κ2) is 7.08. The van der Waals surface area contributed by atoms with Gasteiger partial charge < -0.3 is 19.4 Å². The summed E-state index contributed by atoms with van der Waals surface area (Å²) in [6.07, 6.45) is 2.36. The first kappa shape index (κ1) is 17.6. The van der Waals surface area contributed by atoms with Crippen LogP contribution in [-0.4, -0.2) is 74.1 Å². The van der Waals surface area contributed by atoms with E-state index >= 15 is 0 Å². The lowest BCUT2D eigenvalue weighted by atomic mass is 10.1. The van der Waals surface area contributed by atoms with Crippen molar-refractivity contribution in [3.63, 3.8) is 0 Å². The van der Waals surface area contributed by atoms with Gasteiger partial charge in [-0.1, -0.05) is 11.6 Å². The lowest BCUT2D eigenvalue weighted by molar-refractivity contribution is -0.133. The van der Waals surface area contributed by atoms with E-state index in [1.165, 1.54) is 12.8 Å². The lowest BCUT2D eigenvalue weighted by Gasteiger charge is -2.29. The second-order valence-corrected chi connectivity index (χ2v) is 7.82. The molecule has 140 valence electrons. The highest BCUT2D eigenvalue weighted by Crippen LogP contribution is 2.30. The molecule has 2 amide bonds. The summed E-state index contributed by atoms with van der Waals surface area (Å²) in [6, 6.07) is 5.46. The van der Waals surface area contributed by atoms with Crippen molar-refractivity contribution in [3.05, 3.63) is 28.8 Å². The number of fused-ring (bicyclic) bond motifs is 3. The van der Waals surface area contributed by atoms with Crippen LogP contribution in [0.1, 0.15) is 23.2 Å². The molecule has 4 rings (SSSR count). The van der Waals surface area contributed by atoms with Gasteiger partial charge in [0.05, 0.1) is 35.9 Å². The van der Waals surface area contributed by atoms with Crippen LogP contribution < -0.4 is 4.90 Å². The Morgan fingerprint density at radius 1 is 1.19 bits per heavy atom. The molecule has 2 atom stereocenters. The molecule has 0 aliphatic carbocycles. The first-order chi connectivity index (χ1) is 12.5. The van der Waals surface area contributed by atoms with Gasteiger partial charge in [-0.15, -0.1) is 0 Å². The molecule has 3 heterocycles. The number of anilines is 1. The van der Waals surface area contributed by atoms with Gasteiger partial charge in [0.25, 0.3) is 5.91 Å². The fourth-order valence-electron chi connectivity index (χ4n) is 4.10. The minimum atomic E-state index is -0.296. The molecule has 26 heavy (non-hydrogen) atoms. The molecule has 1 aromatic carbocycles. The molecular weight excluding hydrogens is 354 g/mol. The highest BCUT2D eigenvalue weighted by molar-refractivity contribution is 6.33. The number of rotatable bonds is 2. The second-order valence-electron chi connectivity index (χ2n) is 7.41. The van der Waals surface area contributed by atoms with Crippen LogP contribution >= 0.6 is 11.6 Å². The van der Waals surface area contributed by atoms with Gasteiger partial charge in [0.2, 0.25) is 5.91 Å². The number of halogens is 1. The fraction of sp³-hybridized carbons (Fsp3) is 0.579. The minimum Gasteiger partial charge on any atom is -0.378 e. The lowest BCUT2D eigenvalue weighted by Crippen LogP contribution is -2.45. The topological polar surface area (TPSA) is 53.1 Å². The maximum absolute atomic E-state index is 13.1. The molecule has 3 aliphatic rings. The molecule has 1 aromatic rings. The smallest absolute Gasteiger partial charge is 0.254 e. The highest BCUT2D eigenvalue weighted by Gasteiger charge is 2.39. The number of amides is 2. The SMILES string of the molecule is CN1C(=O)[C@H]2COC[C@@H]1CN(C(=O)c1ccc(N3CCCC3)c(Cl)c1)C2. The number of hydrogen-bond acceptors (Lipinski definition) is 4. The van der Waals surface area contributed by atoms with Crippen molar-refractivity contribution < 1.29 is 14.3 Å². The summed E-state index contributed by atoms with van der Waals surface area (Å²) in [4.78, 5) is 31.3. The van der Waals surface area contributed by atoms with E-state index < -0.39 is 0 Å². The molecular formula is C19H24ClN3O3. The maximum Gasteiger partial charge on any atom is 0.254 e. The molecule has 3 fully saturated rings. The van der Waals surface area contributed by atoms with E-state index in [9.17, 15) is 9.59 Å². The molecule has 0 N–H and O–H groups in total. The summed E-state index contributed by atoms with van der Waals surface area (Å²) < 4.78 is 5.60. The van der Waals surface area contributed by atoms with Gasteiger partial charge in [0.15, 0.2) is 0 Å². The van der Waals surface area contributed by atoms with Crippen molar-refractivity contribution in [2.24, 2.45) is 5.92 Å². The average Bonchev–Trinajstić information content (AvgIpc) is 3.07. The Morgan fingerprint density at radius 2 is 1.96 bits per heavy atom. The van der Waals surface area contributed by atoms with Crippen LogP contribution in [0.4, 0.5) is 5.69 Å². The molecule has 0 radical (unpaired) electrons. The van der Waals surface area contributed by atoms with Crippen molar-refractivity contribution in [2.45, 2.75) is 18.9 Å². The van der Waals surface area contributed by atoms with Gasteiger partial charge in [-0.25, -0.2) is 0 Å². The fourth-order valence-corrected chi connectivity index (χ4v) is 4.40. The number of carbonyl (C=O) groups excluding carboxylic acids is 2. The van der Waals surface area contributed by atoms with E-state index in [1.54, 1.807) is 22.9 Å². The average molecular weight is 378 g/mol. The maximum atomic E-state index is 13.1. The number of benzene rings is 1. The van der Waals surface area contributed by atoms with E-state index in [4.69, 9.17) is 16.3 Å². The van der Waals surface area contributed by atoms with Gasteiger partial charge in [0.1, 0.15) is 0 Å². The molecule has 0 aromatic heterocycles. The van der Waals surface area contributed by atoms with Gasteiger partial charge >= 0.3 is 0 Å². The van der Waals surface area contributed by atoms with Gasteiger partial charge in [-0.05, 0) is 31.0 Å². The number of hydrogen-bond donors (Lipinski definition) is 0. The quantitative estimate of drug-likeness (QED) is 0.789. The van der Waals surface area contributed by atoms with Crippen LogP contribution in [0.5, 0.6) is 0 Å². The Kier molecular flexibility index (Phi) is 4.80. The predicted octanol–water partition coefficient (Wildman–Crippen LogP) is 1.87.